The lowest BCUT2D eigenvalue weighted by atomic mass is 10.3. The van der Waals surface area contributed by atoms with Crippen LogP contribution in [0.3, 0.4) is 0 Å². The number of nitrogens with one attached hydrogen (secondary N) is 1. The van der Waals surface area contributed by atoms with Crippen molar-refractivity contribution < 1.29 is 4.79 Å². The van der Waals surface area contributed by atoms with Crippen molar-refractivity contribution in [3.05, 3.63) is 10.9 Å². The first-order valence-electron chi connectivity index (χ1n) is 7.08. The molecule has 0 atom stereocenters. The van der Waals surface area contributed by atoms with E-state index >= 15 is 0 Å². The number of hydrogen-bond acceptors (Lipinski definition) is 6. The van der Waals surface area contributed by atoms with Crippen molar-refractivity contribution in [3.63, 3.8) is 0 Å². The molecule has 0 saturated carbocycles. The molecule has 0 aliphatic heterocycles. The van der Waals surface area contributed by atoms with E-state index in [1.54, 1.807) is 11.3 Å². The summed E-state index contributed by atoms with van der Waals surface area (Å²) in [6.07, 6.45) is 1.87. The minimum Gasteiger partial charge on any atom is -0.368 e. The molecule has 0 fully saturated rings. The third-order valence-corrected chi connectivity index (χ3v) is 4.28. The van der Waals surface area contributed by atoms with Gasteiger partial charge < -0.3 is 16.0 Å². The van der Waals surface area contributed by atoms with E-state index in [-0.39, 0.29) is 18.4 Å². The fourth-order valence-electron chi connectivity index (χ4n) is 2.05. The zero-order valence-corrected chi connectivity index (χ0v) is 13.5. The van der Waals surface area contributed by atoms with Crippen LogP contribution in [0.2, 0.25) is 0 Å². The summed E-state index contributed by atoms with van der Waals surface area (Å²) in [5.74, 6) is 0.929. The zero-order valence-electron chi connectivity index (χ0n) is 12.6. The minimum atomic E-state index is -0.0179. The molecule has 0 aromatic carbocycles. The van der Waals surface area contributed by atoms with Crippen molar-refractivity contribution >= 4 is 39.2 Å². The second kappa shape index (κ2) is 6.71. The Hall–Kier alpha value is -1.89. The van der Waals surface area contributed by atoms with Crippen LogP contribution in [0, 0.1) is 0 Å². The van der Waals surface area contributed by atoms with E-state index in [9.17, 15) is 4.79 Å². The number of rotatable bonds is 6. The van der Waals surface area contributed by atoms with E-state index in [1.165, 1.54) is 4.88 Å². The molecule has 0 spiro atoms. The molecule has 114 valence electrons. The van der Waals surface area contributed by atoms with Crippen molar-refractivity contribution in [1.29, 1.82) is 0 Å². The lowest BCUT2D eigenvalue weighted by Crippen LogP contribution is -2.36. The normalized spacial score (nSPS) is 10.8. The number of anilines is 2. The van der Waals surface area contributed by atoms with Crippen molar-refractivity contribution in [2.75, 3.05) is 30.8 Å². The Morgan fingerprint density at radius 1 is 1.43 bits per heavy atom. The standard InChI is InChI=1S/C14H21N5OS/c1-4-6-16-11(20)8-19(3)12-10-7-9(5-2)21-13(10)18-14(15)17-12/h7H,4-6,8H2,1-3H3,(H,16,20)(H2,15,17,18). The Morgan fingerprint density at radius 2 is 2.19 bits per heavy atom. The molecule has 2 heterocycles. The summed E-state index contributed by atoms with van der Waals surface area (Å²) in [6, 6.07) is 2.08. The second-order valence-corrected chi connectivity index (χ2v) is 6.01. The highest BCUT2D eigenvalue weighted by molar-refractivity contribution is 7.18. The molecule has 0 unspecified atom stereocenters. The van der Waals surface area contributed by atoms with Gasteiger partial charge in [0.05, 0.1) is 11.9 Å². The summed E-state index contributed by atoms with van der Waals surface area (Å²) < 4.78 is 0. The van der Waals surface area contributed by atoms with E-state index < -0.39 is 0 Å². The average Bonchev–Trinajstić information content (AvgIpc) is 2.86. The van der Waals surface area contributed by atoms with Crippen LogP contribution in [0.25, 0.3) is 10.2 Å². The first-order chi connectivity index (χ1) is 10.0. The van der Waals surface area contributed by atoms with E-state index in [1.807, 2.05) is 18.9 Å². The SMILES string of the molecule is CCCNC(=O)CN(C)c1nc(N)nc2sc(CC)cc12. The predicted molar refractivity (Wildman–Crippen MR) is 87.8 cm³/mol. The molecule has 3 N–H and O–H groups in total. The van der Waals surface area contributed by atoms with Crippen LogP contribution in [0.5, 0.6) is 0 Å². The topological polar surface area (TPSA) is 84.1 Å². The molecule has 0 aliphatic rings. The molecule has 0 aliphatic carbocycles. The first-order valence-corrected chi connectivity index (χ1v) is 7.90. The van der Waals surface area contributed by atoms with Gasteiger partial charge in [0.1, 0.15) is 10.6 Å². The van der Waals surface area contributed by atoms with E-state index in [4.69, 9.17) is 5.73 Å². The van der Waals surface area contributed by atoms with Gasteiger partial charge in [0.2, 0.25) is 11.9 Å². The number of thiophene rings is 1. The van der Waals surface area contributed by atoms with Crippen molar-refractivity contribution in [2.24, 2.45) is 0 Å². The Labute approximate surface area is 128 Å². The predicted octanol–water partition coefficient (Wildman–Crippen LogP) is 1.80. The lowest BCUT2D eigenvalue weighted by Gasteiger charge is -2.18. The van der Waals surface area contributed by atoms with E-state index in [0.29, 0.717) is 12.4 Å². The van der Waals surface area contributed by atoms with Crippen LogP contribution in [-0.2, 0) is 11.2 Å². The van der Waals surface area contributed by atoms with Gasteiger partial charge in [-0.15, -0.1) is 11.3 Å². The highest BCUT2D eigenvalue weighted by atomic mass is 32.1. The van der Waals surface area contributed by atoms with Crippen molar-refractivity contribution in [3.8, 4) is 0 Å². The van der Waals surface area contributed by atoms with Crippen LogP contribution >= 0.6 is 11.3 Å². The molecule has 0 bridgehead atoms. The van der Waals surface area contributed by atoms with Crippen molar-refractivity contribution in [2.45, 2.75) is 26.7 Å². The van der Waals surface area contributed by atoms with Crippen LogP contribution in [0.1, 0.15) is 25.1 Å². The summed E-state index contributed by atoms with van der Waals surface area (Å²) in [4.78, 5) is 24.3. The second-order valence-electron chi connectivity index (χ2n) is 4.90. The highest BCUT2D eigenvalue weighted by Gasteiger charge is 2.15. The summed E-state index contributed by atoms with van der Waals surface area (Å²) in [5, 5.41) is 3.81. The highest BCUT2D eigenvalue weighted by Crippen LogP contribution is 2.31. The van der Waals surface area contributed by atoms with Gasteiger partial charge in [0.25, 0.3) is 0 Å². The summed E-state index contributed by atoms with van der Waals surface area (Å²) >= 11 is 1.62. The van der Waals surface area contributed by atoms with Crippen molar-refractivity contribution in [1.82, 2.24) is 15.3 Å². The molecule has 6 nitrogen and oxygen atoms in total. The molecule has 1 amide bonds. The van der Waals surface area contributed by atoms with Gasteiger partial charge in [-0.1, -0.05) is 13.8 Å². The number of aromatic nitrogens is 2. The van der Waals surface area contributed by atoms with Gasteiger partial charge >= 0.3 is 0 Å². The number of nitrogen functional groups attached to an aromatic ring is 1. The third kappa shape index (κ3) is 3.60. The largest absolute Gasteiger partial charge is 0.368 e. The number of likely N-dealkylation sites (N-methyl/N-ethyl adjacent to an activating group) is 1. The summed E-state index contributed by atoms with van der Waals surface area (Å²) in [7, 11) is 1.84. The number of amides is 1. The monoisotopic (exact) mass is 307 g/mol. The molecule has 2 aromatic rings. The maximum Gasteiger partial charge on any atom is 0.239 e. The smallest absolute Gasteiger partial charge is 0.239 e. The number of carbonyl (C=O) groups is 1. The lowest BCUT2D eigenvalue weighted by molar-refractivity contribution is -0.119. The van der Waals surface area contributed by atoms with Gasteiger partial charge in [0.15, 0.2) is 0 Å². The van der Waals surface area contributed by atoms with Gasteiger partial charge in [-0.3, -0.25) is 4.79 Å². The van der Waals surface area contributed by atoms with Crippen LogP contribution in [0.4, 0.5) is 11.8 Å². The molecule has 7 heteroatoms. The summed E-state index contributed by atoms with van der Waals surface area (Å²) in [6.45, 7) is 5.06. The molecular formula is C14H21N5OS. The number of aryl methyl sites for hydroxylation is 1. The Balaban J connectivity index is 2.27. The molecule has 2 rings (SSSR count). The van der Waals surface area contributed by atoms with Gasteiger partial charge in [-0.05, 0) is 18.9 Å². The molecule has 0 radical (unpaired) electrons. The van der Waals surface area contributed by atoms with E-state index in [2.05, 4.69) is 28.3 Å². The maximum absolute atomic E-state index is 11.8. The fourth-order valence-corrected chi connectivity index (χ4v) is 3.02. The number of carbonyl (C=O) groups excluding carboxylic acids is 1. The fraction of sp³-hybridized carbons (Fsp3) is 0.500. The maximum atomic E-state index is 11.8. The molecule has 2 aromatic heterocycles. The van der Waals surface area contributed by atoms with E-state index in [0.717, 1.165) is 23.1 Å². The van der Waals surface area contributed by atoms with Crippen LogP contribution < -0.4 is 16.0 Å². The quantitative estimate of drug-likeness (QED) is 0.850. The minimum absolute atomic E-state index is 0.0179. The summed E-state index contributed by atoms with van der Waals surface area (Å²) in [5.41, 5.74) is 5.78. The average molecular weight is 307 g/mol. The Bertz CT molecular complexity index is 640. The number of nitrogens with two attached hydrogens (primary N) is 1. The third-order valence-electron chi connectivity index (χ3n) is 3.10. The van der Waals surface area contributed by atoms with Gasteiger partial charge in [-0.25, -0.2) is 4.98 Å². The molecular weight excluding hydrogens is 286 g/mol. The number of fused-ring (bicyclic) bond motifs is 1. The number of nitrogens with zero attached hydrogens (tertiary/aromatic N) is 3. The van der Waals surface area contributed by atoms with Gasteiger partial charge in [0, 0.05) is 18.5 Å². The molecule has 21 heavy (non-hydrogen) atoms. The molecule has 0 saturated heterocycles. The van der Waals surface area contributed by atoms with Crippen LogP contribution in [0.15, 0.2) is 6.07 Å². The Kier molecular flexibility index (Phi) is 4.95. The van der Waals surface area contributed by atoms with Crippen LogP contribution in [-0.4, -0.2) is 36.0 Å². The number of hydrogen-bond donors (Lipinski definition) is 2. The zero-order chi connectivity index (χ0) is 15.4. The van der Waals surface area contributed by atoms with Gasteiger partial charge in [-0.2, -0.15) is 4.98 Å². The first kappa shape index (κ1) is 15.5. The Morgan fingerprint density at radius 3 is 2.86 bits per heavy atom.